The third-order valence-corrected chi connectivity index (χ3v) is 3.89. The molecule has 0 aliphatic carbocycles. The Kier molecular flexibility index (Phi) is 5.36. The van der Waals surface area contributed by atoms with Crippen molar-refractivity contribution in [2.45, 2.75) is 39.2 Å². The monoisotopic (exact) mass is 271 g/mol. The highest BCUT2D eigenvalue weighted by molar-refractivity contribution is 5.25. The lowest BCUT2D eigenvalue weighted by Crippen LogP contribution is -2.23. The maximum Gasteiger partial charge on any atom is 0.0492 e. The first-order chi connectivity index (χ1) is 9.74. The van der Waals surface area contributed by atoms with Gasteiger partial charge in [0.15, 0.2) is 0 Å². The van der Waals surface area contributed by atoms with Crippen molar-refractivity contribution in [2.75, 3.05) is 6.54 Å². The van der Waals surface area contributed by atoms with Gasteiger partial charge in [-0.3, -0.25) is 4.68 Å². The van der Waals surface area contributed by atoms with E-state index in [1.807, 2.05) is 17.9 Å². The molecule has 0 fully saturated rings. The van der Waals surface area contributed by atoms with Crippen molar-refractivity contribution < 1.29 is 0 Å². The zero-order chi connectivity index (χ0) is 14.4. The van der Waals surface area contributed by atoms with Crippen LogP contribution in [0.1, 0.15) is 43.1 Å². The van der Waals surface area contributed by atoms with Gasteiger partial charge in [0.25, 0.3) is 0 Å². The zero-order valence-corrected chi connectivity index (χ0v) is 12.8. The summed E-state index contributed by atoms with van der Waals surface area (Å²) in [4.78, 5) is 0. The van der Waals surface area contributed by atoms with E-state index in [-0.39, 0.29) is 0 Å². The molecule has 0 saturated carbocycles. The maximum atomic E-state index is 4.20. The first-order valence-corrected chi connectivity index (χ1v) is 7.53. The van der Waals surface area contributed by atoms with Crippen molar-refractivity contribution in [3.8, 4) is 0 Å². The van der Waals surface area contributed by atoms with Gasteiger partial charge in [-0.05, 0) is 30.0 Å². The molecule has 0 amide bonds. The van der Waals surface area contributed by atoms with Crippen LogP contribution in [-0.2, 0) is 19.9 Å². The summed E-state index contributed by atoms with van der Waals surface area (Å²) in [5.41, 5.74) is 4.06. The van der Waals surface area contributed by atoms with Crippen LogP contribution in [0, 0.1) is 0 Å². The van der Waals surface area contributed by atoms with Crippen LogP contribution in [0.4, 0.5) is 0 Å². The lowest BCUT2D eigenvalue weighted by atomic mass is 10.0. The van der Waals surface area contributed by atoms with E-state index < -0.39 is 0 Å². The quantitative estimate of drug-likeness (QED) is 0.837. The van der Waals surface area contributed by atoms with Gasteiger partial charge < -0.3 is 5.32 Å². The average molecular weight is 271 g/mol. The summed E-state index contributed by atoms with van der Waals surface area (Å²) in [7, 11) is 2.00. The highest BCUT2D eigenvalue weighted by Gasteiger charge is 2.08. The van der Waals surface area contributed by atoms with Crippen LogP contribution in [0.3, 0.4) is 0 Å². The van der Waals surface area contributed by atoms with Gasteiger partial charge in [0.05, 0.1) is 0 Å². The molecule has 1 heterocycles. The highest BCUT2D eigenvalue weighted by atomic mass is 15.3. The van der Waals surface area contributed by atoms with Crippen LogP contribution in [0.2, 0.25) is 0 Å². The number of hydrogen-bond donors (Lipinski definition) is 1. The Hall–Kier alpha value is -1.61. The summed E-state index contributed by atoms with van der Waals surface area (Å²) < 4.78 is 1.94. The van der Waals surface area contributed by atoms with Gasteiger partial charge >= 0.3 is 0 Å². The van der Waals surface area contributed by atoms with E-state index in [0.29, 0.717) is 6.04 Å². The van der Waals surface area contributed by atoms with Gasteiger partial charge in [-0.2, -0.15) is 5.10 Å². The standard InChI is InChI=1S/C17H25N3/c1-4-14-6-8-15(9-7-14)17(5-2)18-12-10-16-11-13-19-20(16)3/h6-9,11,13,17-18H,4-5,10,12H2,1-3H3. The fourth-order valence-corrected chi connectivity index (χ4v) is 2.50. The predicted octanol–water partition coefficient (Wildman–Crippen LogP) is 3.27. The van der Waals surface area contributed by atoms with E-state index in [9.17, 15) is 0 Å². The first-order valence-electron chi connectivity index (χ1n) is 7.53. The molecule has 1 atom stereocenters. The minimum atomic E-state index is 0.439. The molecule has 3 heteroatoms. The van der Waals surface area contributed by atoms with Gasteiger partial charge in [0.1, 0.15) is 0 Å². The van der Waals surface area contributed by atoms with E-state index in [1.165, 1.54) is 16.8 Å². The molecule has 3 nitrogen and oxygen atoms in total. The average Bonchev–Trinajstić information content (AvgIpc) is 2.89. The third kappa shape index (κ3) is 3.70. The molecule has 2 rings (SSSR count). The molecule has 20 heavy (non-hydrogen) atoms. The molecule has 108 valence electrons. The number of aryl methyl sites for hydroxylation is 2. The number of hydrogen-bond acceptors (Lipinski definition) is 2. The largest absolute Gasteiger partial charge is 0.310 e. The van der Waals surface area contributed by atoms with Crippen LogP contribution >= 0.6 is 0 Å². The number of benzene rings is 1. The summed E-state index contributed by atoms with van der Waals surface area (Å²) in [6.07, 6.45) is 5.08. The molecule has 1 unspecified atom stereocenters. The zero-order valence-electron chi connectivity index (χ0n) is 12.8. The molecule has 0 spiro atoms. The summed E-state index contributed by atoms with van der Waals surface area (Å²) in [6, 6.07) is 11.5. The molecule has 0 saturated heterocycles. The minimum Gasteiger partial charge on any atom is -0.310 e. The van der Waals surface area contributed by atoms with Crippen molar-refractivity contribution in [3.05, 3.63) is 53.3 Å². The van der Waals surface area contributed by atoms with Crippen molar-refractivity contribution >= 4 is 0 Å². The summed E-state index contributed by atoms with van der Waals surface area (Å²) >= 11 is 0. The van der Waals surface area contributed by atoms with Crippen molar-refractivity contribution in [1.82, 2.24) is 15.1 Å². The van der Waals surface area contributed by atoms with Gasteiger partial charge in [-0.15, -0.1) is 0 Å². The highest BCUT2D eigenvalue weighted by Crippen LogP contribution is 2.17. The molecule has 1 aromatic heterocycles. The summed E-state index contributed by atoms with van der Waals surface area (Å²) in [5, 5.41) is 7.85. The smallest absolute Gasteiger partial charge is 0.0492 e. The summed E-state index contributed by atoms with van der Waals surface area (Å²) in [5.74, 6) is 0. The topological polar surface area (TPSA) is 29.9 Å². The van der Waals surface area contributed by atoms with E-state index in [4.69, 9.17) is 0 Å². The Bertz CT molecular complexity index is 513. The van der Waals surface area contributed by atoms with Gasteiger partial charge in [-0.1, -0.05) is 38.1 Å². The van der Waals surface area contributed by atoms with Crippen molar-refractivity contribution in [2.24, 2.45) is 7.05 Å². The minimum absolute atomic E-state index is 0.439. The Labute approximate surface area is 122 Å². The number of nitrogens with zero attached hydrogens (tertiary/aromatic N) is 2. The third-order valence-electron chi connectivity index (χ3n) is 3.89. The molecule has 2 aromatic rings. The maximum absolute atomic E-state index is 4.20. The van der Waals surface area contributed by atoms with E-state index >= 15 is 0 Å². The second-order valence-corrected chi connectivity index (χ2v) is 5.21. The van der Waals surface area contributed by atoms with E-state index in [1.54, 1.807) is 0 Å². The number of aromatic nitrogens is 2. The van der Waals surface area contributed by atoms with Crippen LogP contribution < -0.4 is 5.32 Å². The van der Waals surface area contributed by atoms with E-state index in [2.05, 4.69) is 54.6 Å². The molecule has 1 N–H and O–H groups in total. The molecule has 0 aliphatic heterocycles. The first kappa shape index (κ1) is 14.8. The van der Waals surface area contributed by atoms with Gasteiger partial charge in [-0.25, -0.2) is 0 Å². The van der Waals surface area contributed by atoms with Crippen LogP contribution in [0.5, 0.6) is 0 Å². The molecular formula is C17H25N3. The number of nitrogens with one attached hydrogen (secondary N) is 1. The molecular weight excluding hydrogens is 246 g/mol. The van der Waals surface area contributed by atoms with Crippen molar-refractivity contribution in [1.29, 1.82) is 0 Å². The Morgan fingerprint density at radius 1 is 1.15 bits per heavy atom. The normalized spacial score (nSPS) is 12.6. The second-order valence-electron chi connectivity index (χ2n) is 5.21. The summed E-state index contributed by atoms with van der Waals surface area (Å²) in [6.45, 7) is 5.40. The SMILES string of the molecule is CCc1ccc(C(CC)NCCc2ccnn2C)cc1. The fraction of sp³-hybridized carbons (Fsp3) is 0.471. The van der Waals surface area contributed by atoms with Gasteiger partial charge in [0.2, 0.25) is 0 Å². The Balaban J connectivity index is 1.89. The Morgan fingerprint density at radius 3 is 2.45 bits per heavy atom. The van der Waals surface area contributed by atoms with Crippen LogP contribution in [-0.4, -0.2) is 16.3 Å². The Morgan fingerprint density at radius 2 is 1.90 bits per heavy atom. The van der Waals surface area contributed by atoms with Crippen molar-refractivity contribution in [3.63, 3.8) is 0 Å². The number of rotatable bonds is 7. The lowest BCUT2D eigenvalue weighted by molar-refractivity contribution is 0.516. The molecule has 0 aliphatic rings. The van der Waals surface area contributed by atoms with Crippen LogP contribution in [0.25, 0.3) is 0 Å². The predicted molar refractivity (Wildman–Crippen MR) is 83.8 cm³/mol. The second kappa shape index (κ2) is 7.25. The fourth-order valence-electron chi connectivity index (χ4n) is 2.50. The molecule has 0 radical (unpaired) electrons. The van der Waals surface area contributed by atoms with Gasteiger partial charge in [0, 0.05) is 37.9 Å². The molecule has 0 bridgehead atoms. The molecule has 1 aromatic carbocycles. The lowest BCUT2D eigenvalue weighted by Gasteiger charge is -2.18. The van der Waals surface area contributed by atoms with Crippen LogP contribution in [0.15, 0.2) is 36.5 Å². The van der Waals surface area contributed by atoms with E-state index in [0.717, 1.165) is 25.8 Å².